The van der Waals surface area contributed by atoms with E-state index in [9.17, 15) is 0 Å². The van der Waals surface area contributed by atoms with Crippen LogP contribution in [0.4, 0.5) is 0 Å². The number of rotatable bonds is 3. The first kappa shape index (κ1) is 14.4. The van der Waals surface area contributed by atoms with Gasteiger partial charge in [0.05, 0.1) is 5.69 Å². The van der Waals surface area contributed by atoms with Gasteiger partial charge in [-0.25, -0.2) is 4.98 Å². The molecule has 0 aliphatic heterocycles. The van der Waals surface area contributed by atoms with E-state index in [-0.39, 0.29) is 0 Å². The maximum atomic E-state index is 4.60. The largest absolute Gasteiger partial charge is 0.295 e. The van der Waals surface area contributed by atoms with Crippen LogP contribution >= 0.6 is 0 Å². The van der Waals surface area contributed by atoms with Gasteiger partial charge in [0, 0.05) is 31.2 Å². The van der Waals surface area contributed by atoms with Gasteiger partial charge in [0.15, 0.2) is 5.65 Å². The quantitative estimate of drug-likeness (QED) is 0.744. The lowest BCUT2D eigenvalue weighted by Crippen LogP contribution is -2.22. The first-order valence-electron chi connectivity index (χ1n) is 8.20. The Morgan fingerprint density at radius 3 is 3.00 bits per heavy atom. The third-order valence-electron chi connectivity index (χ3n) is 4.98. The Morgan fingerprint density at radius 1 is 1.30 bits per heavy atom. The Morgan fingerprint density at radius 2 is 2.13 bits per heavy atom. The van der Waals surface area contributed by atoms with Crippen molar-refractivity contribution in [3.63, 3.8) is 0 Å². The minimum atomic E-state index is 0.511. The summed E-state index contributed by atoms with van der Waals surface area (Å²) in [6, 6.07) is 11.6. The molecule has 4 nitrogen and oxygen atoms in total. The summed E-state index contributed by atoms with van der Waals surface area (Å²) in [5.41, 5.74) is 6.24. The van der Waals surface area contributed by atoms with Crippen molar-refractivity contribution in [2.75, 3.05) is 7.05 Å². The fourth-order valence-electron chi connectivity index (χ4n) is 3.83. The summed E-state index contributed by atoms with van der Waals surface area (Å²) < 4.78 is 1.85. The molecule has 0 fully saturated rings. The van der Waals surface area contributed by atoms with Gasteiger partial charge in [-0.2, -0.15) is 5.10 Å². The van der Waals surface area contributed by atoms with Gasteiger partial charge in [0.2, 0.25) is 0 Å². The second-order valence-electron chi connectivity index (χ2n) is 6.59. The third-order valence-corrected chi connectivity index (χ3v) is 4.98. The molecule has 0 N–H and O–H groups in total. The average Bonchev–Trinajstić information content (AvgIpc) is 3.09. The maximum absolute atomic E-state index is 4.60. The van der Waals surface area contributed by atoms with E-state index in [1.165, 1.54) is 29.5 Å². The zero-order valence-electron chi connectivity index (χ0n) is 14.0. The third kappa shape index (κ3) is 2.43. The zero-order chi connectivity index (χ0) is 16.0. The first-order valence-corrected chi connectivity index (χ1v) is 8.20. The van der Waals surface area contributed by atoms with Crippen molar-refractivity contribution >= 4 is 11.0 Å². The molecule has 0 radical (unpaired) electrons. The molecule has 118 valence electrons. The molecular formula is C19H22N4. The first-order chi connectivity index (χ1) is 11.1. The summed E-state index contributed by atoms with van der Waals surface area (Å²) in [7, 11) is 4.16. The number of aromatic nitrogens is 3. The molecule has 2 aromatic heterocycles. The normalized spacial score (nSPS) is 17.1. The van der Waals surface area contributed by atoms with Crippen molar-refractivity contribution in [2.45, 2.75) is 32.4 Å². The Balaban J connectivity index is 1.60. The van der Waals surface area contributed by atoms with E-state index in [4.69, 9.17) is 0 Å². The summed E-state index contributed by atoms with van der Waals surface area (Å²) in [4.78, 5) is 7.04. The highest BCUT2D eigenvalue weighted by molar-refractivity contribution is 5.78. The van der Waals surface area contributed by atoms with E-state index in [0.29, 0.717) is 6.04 Å². The molecule has 23 heavy (non-hydrogen) atoms. The molecule has 1 aliphatic rings. The fourth-order valence-corrected chi connectivity index (χ4v) is 3.83. The molecule has 2 heterocycles. The van der Waals surface area contributed by atoms with Crippen LogP contribution in [0, 0.1) is 6.92 Å². The van der Waals surface area contributed by atoms with Crippen LogP contribution in [0.2, 0.25) is 0 Å². The van der Waals surface area contributed by atoms with E-state index in [1.54, 1.807) is 0 Å². The van der Waals surface area contributed by atoms with Gasteiger partial charge in [-0.1, -0.05) is 24.3 Å². The Hall–Kier alpha value is -2.20. The predicted octanol–water partition coefficient (Wildman–Crippen LogP) is 3.40. The predicted molar refractivity (Wildman–Crippen MR) is 92.2 cm³/mol. The van der Waals surface area contributed by atoms with E-state index in [2.05, 4.69) is 52.4 Å². The number of nitrogens with zero attached hydrogens (tertiary/aromatic N) is 4. The van der Waals surface area contributed by atoms with Crippen LogP contribution in [-0.2, 0) is 20.0 Å². The molecule has 0 saturated carbocycles. The van der Waals surface area contributed by atoms with Crippen LogP contribution in [0.1, 0.15) is 34.8 Å². The Bertz CT molecular complexity index is 865. The highest BCUT2D eigenvalue weighted by Gasteiger charge is 2.25. The summed E-state index contributed by atoms with van der Waals surface area (Å²) >= 11 is 0. The van der Waals surface area contributed by atoms with Gasteiger partial charge < -0.3 is 0 Å². The number of benzene rings is 1. The van der Waals surface area contributed by atoms with Gasteiger partial charge >= 0.3 is 0 Å². The topological polar surface area (TPSA) is 34.0 Å². The molecule has 0 saturated heterocycles. The molecule has 1 aromatic carbocycles. The van der Waals surface area contributed by atoms with Crippen LogP contribution in [0.15, 0.2) is 36.5 Å². The van der Waals surface area contributed by atoms with Crippen LogP contribution < -0.4 is 0 Å². The molecule has 3 aromatic rings. The lowest BCUT2D eigenvalue weighted by molar-refractivity contribution is 0.236. The minimum absolute atomic E-state index is 0.511. The standard InChI is InChI=1S/C19H22N4/c1-13-17-10-14(11-20-19(17)23(3)21-13)12-22(2)18-9-8-15-6-4-5-7-16(15)18/h4-7,10-11,18H,8-9,12H2,1-3H3. The molecular weight excluding hydrogens is 284 g/mol. The van der Waals surface area contributed by atoms with E-state index in [0.717, 1.165) is 23.3 Å². The van der Waals surface area contributed by atoms with Gasteiger partial charge in [-0.15, -0.1) is 0 Å². The minimum Gasteiger partial charge on any atom is -0.295 e. The zero-order valence-corrected chi connectivity index (χ0v) is 14.0. The monoisotopic (exact) mass is 306 g/mol. The molecule has 0 amide bonds. The summed E-state index contributed by atoms with van der Waals surface area (Å²) in [5, 5.41) is 5.62. The molecule has 4 rings (SSSR count). The summed E-state index contributed by atoms with van der Waals surface area (Å²) in [6.45, 7) is 2.96. The van der Waals surface area contributed by atoms with Crippen molar-refractivity contribution < 1.29 is 0 Å². The summed E-state index contributed by atoms with van der Waals surface area (Å²) in [5.74, 6) is 0. The smallest absolute Gasteiger partial charge is 0.157 e. The highest BCUT2D eigenvalue weighted by atomic mass is 15.3. The van der Waals surface area contributed by atoms with Crippen LogP contribution in [0.3, 0.4) is 0 Å². The molecule has 1 aliphatic carbocycles. The lowest BCUT2D eigenvalue weighted by Gasteiger charge is -2.25. The second-order valence-corrected chi connectivity index (χ2v) is 6.59. The van der Waals surface area contributed by atoms with Crippen molar-refractivity contribution in [1.82, 2.24) is 19.7 Å². The van der Waals surface area contributed by atoms with Gasteiger partial charge in [-0.05, 0) is 49.6 Å². The molecule has 1 atom stereocenters. The number of pyridine rings is 1. The van der Waals surface area contributed by atoms with Gasteiger partial charge in [0.25, 0.3) is 0 Å². The molecule has 4 heteroatoms. The van der Waals surface area contributed by atoms with Crippen molar-refractivity contribution in [3.8, 4) is 0 Å². The second kappa shape index (κ2) is 5.46. The van der Waals surface area contributed by atoms with Gasteiger partial charge in [0.1, 0.15) is 0 Å². The Labute approximate surface area is 136 Å². The fraction of sp³-hybridized carbons (Fsp3) is 0.368. The van der Waals surface area contributed by atoms with Crippen LogP contribution in [0.25, 0.3) is 11.0 Å². The van der Waals surface area contributed by atoms with E-state index >= 15 is 0 Å². The number of fused-ring (bicyclic) bond motifs is 2. The van der Waals surface area contributed by atoms with E-state index < -0.39 is 0 Å². The van der Waals surface area contributed by atoms with Gasteiger partial charge in [-0.3, -0.25) is 9.58 Å². The Kier molecular flexibility index (Phi) is 3.42. The number of hydrogen-bond donors (Lipinski definition) is 0. The van der Waals surface area contributed by atoms with Crippen molar-refractivity contribution in [2.24, 2.45) is 7.05 Å². The van der Waals surface area contributed by atoms with Crippen molar-refractivity contribution in [3.05, 3.63) is 58.9 Å². The van der Waals surface area contributed by atoms with Crippen molar-refractivity contribution in [1.29, 1.82) is 0 Å². The molecule has 1 unspecified atom stereocenters. The van der Waals surface area contributed by atoms with Crippen LogP contribution in [-0.4, -0.2) is 26.7 Å². The average molecular weight is 306 g/mol. The molecule has 0 spiro atoms. The SMILES string of the molecule is Cc1nn(C)c2ncc(CN(C)C3CCc4ccccc43)cc12. The highest BCUT2D eigenvalue weighted by Crippen LogP contribution is 2.35. The maximum Gasteiger partial charge on any atom is 0.157 e. The lowest BCUT2D eigenvalue weighted by atomic mass is 10.1. The molecule has 0 bridgehead atoms. The van der Waals surface area contributed by atoms with E-state index in [1.807, 2.05) is 24.9 Å². The summed E-state index contributed by atoms with van der Waals surface area (Å²) in [6.07, 6.45) is 4.38. The number of hydrogen-bond acceptors (Lipinski definition) is 3. The number of aryl methyl sites for hydroxylation is 3. The van der Waals surface area contributed by atoms with Crippen LogP contribution in [0.5, 0.6) is 0 Å².